The molecule has 1 atom stereocenters. The molecule has 0 saturated heterocycles. The monoisotopic (exact) mass is 318 g/mol. The summed E-state index contributed by atoms with van der Waals surface area (Å²) in [5.41, 5.74) is 2.09. The molecule has 1 aromatic rings. The van der Waals surface area contributed by atoms with Gasteiger partial charge in [-0.3, -0.25) is 4.79 Å². The molecule has 0 aliphatic carbocycles. The predicted octanol–water partition coefficient (Wildman–Crippen LogP) is 6.05. The van der Waals surface area contributed by atoms with Crippen LogP contribution >= 0.6 is 0 Å². The Morgan fingerprint density at radius 3 is 1.74 bits per heavy atom. The van der Waals surface area contributed by atoms with Crippen LogP contribution in [0.2, 0.25) is 0 Å². The van der Waals surface area contributed by atoms with Crippen molar-refractivity contribution in [3.8, 4) is 0 Å². The van der Waals surface area contributed by atoms with Gasteiger partial charge in [0.25, 0.3) is 0 Å². The lowest BCUT2D eigenvalue weighted by molar-refractivity contribution is -0.160. The zero-order valence-corrected chi connectivity index (χ0v) is 16.4. The molecular weight excluding hydrogens is 284 g/mol. The van der Waals surface area contributed by atoms with Gasteiger partial charge in [-0.2, -0.15) is 0 Å². The number of ether oxygens (including phenoxy) is 1. The van der Waals surface area contributed by atoms with Gasteiger partial charge in [-0.15, -0.1) is 0 Å². The minimum Gasteiger partial charge on any atom is -0.457 e. The van der Waals surface area contributed by atoms with E-state index in [2.05, 4.69) is 65.8 Å². The van der Waals surface area contributed by atoms with E-state index >= 15 is 0 Å². The summed E-state index contributed by atoms with van der Waals surface area (Å²) in [6, 6.07) is 8.51. The first-order valence-electron chi connectivity index (χ1n) is 8.52. The molecule has 1 aromatic carbocycles. The Hall–Kier alpha value is -1.31. The van der Waals surface area contributed by atoms with E-state index in [-0.39, 0.29) is 22.9 Å². The van der Waals surface area contributed by atoms with Crippen LogP contribution in [0.5, 0.6) is 0 Å². The van der Waals surface area contributed by atoms with Crippen molar-refractivity contribution in [3.63, 3.8) is 0 Å². The maximum absolute atomic E-state index is 12.3. The fourth-order valence-corrected chi connectivity index (χ4v) is 2.29. The van der Waals surface area contributed by atoms with Crippen molar-refractivity contribution in [1.82, 2.24) is 0 Å². The van der Waals surface area contributed by atoms with E-state index in [0.29, 0.717) is 0 Å². The molecule has 0 saturated carbocycles. The molecule has 0 radical (unpaired) electrons. The maximum Gasteiger partial charge on any atom is 0.311 e. The van der Waals surface area contributed by atoms with Crippen LogP contribution < -0.4 is 0 Å². The quantitative estimate of drug-likeness (QED) is 0.634. The van der Waals surface area contributed by atoms with Gasteiger partial charge in [-0.05, 0) is 49.1 Å². The standard InChI is InChI=1S/C21H34O2/c1-19(2,3)14-17(23-18(22)21(7,8)9)15-10-12-16(13-11-15)20(4,5)6/h10-13,17H,14H2,1-9H3/t17-/m1/s1. The first-order chi connectivity index (χ1) is 10.2. The van der Waals surface area contributed by atoms with Crippen molar-refractivity contribution in [2.75, 3.05) is 0 Å². The number of hydrogen-bond donors (Lipinski definition) is 0. The Balaban J connectivity index is 3.07. The topological polar surface area (TPSA) is 26.3 Å². The molecule has 0 fully saturated rings. The number of carbonyl (C=O) groups excluding carboxylic acids is 1. The van der Waals surface area contributed by atoms with Gasteiger partial charge < -0.3 is 4.74 Å². The van der Waals surface area contributed by atoms with Crippen LogP contribution in [0.25, 0.3) is 0 Å². The van der Waals surface area contributed by atoms with Crippen molar-refractivity contribution < 1.29 is 9.53 Å². The van der Waals surface area contributed by atoms with Gasteiger partial charge in [0, 0.05) is 0 Å². The number of benzene rings is 1. The lowest BCUT2D eigenvalue weighted by Gasteiger charge is -2.29. The Bertz CT molecular complexity index is 519. The van der Waals surface area contributed by atoms with E-state index in [1.807, 2.05) is 20.8 Å². The molecule has 2 heteroatoms. The summed E-state index contributed by atoms with van der Waals surface area (Å²) in [7, 11) is 0. The number of carbonyl (C=O) groups is 1. The molecule has 130 valence electrons. The first-order valence-corrected chi connectivity index (χ1v) is 8.52. The highest BCUT2D eigenvalue weighted by molar-refractivity contribution is 5.75. The Labute approximate surface area is 142 Å². The lowest BCUT2D eigenvalue weighted by atomic mass is 9.84. The second-order valence-electron chi connectivity index (χ2n) is 9.78. The van der Waals surface area contributed by atoms with Crippen LogP contribution in [0.15, 0.2) is 24.3 Å². The van der Waals surface area contributed by atoms with Gasteiger partial charge in [-0.1, -0.05) is 65.8 Å². The number of esters is 1. The fraction of sp³-hybridized carbons (Fsp3) is 0.667. The van der Waals surface area contributed by atoms with E-state index in [4.69, 9.17) is 4.74 Å². The average Bonchev–Trinajstić information content (AvgIpc) is 2.34. The Morgan fingerprint density at radius 2 is 1.39 bits per heavy atom. The number of rotatable bonds is 3. The van der Waals surface area contributed by atoms with Crippen LogP contribution in [0.4, 0.5) is 0 Å². The minimum atomic E-state index is -0.485. The number of hydrogen-bond acceptors (Lipinski definition) is 2. The van der Waals surface area contributed by atoms with E-state index < -0.39 is 5.41 Å². The molecule has 0 aliphatic heterocycles. The van der Waals surface area contributed by atoms with Crippen molar-refractivity contribution in [1.29, 1.82) is 0 Å². The molecule has 0 unspecified atom stereocenters. The summed E-state index contributed by atoms with van der Waals surface area (Å²) >= 11 is 0. The maximum atomic E-state index is 12.3. The molecule has 0 heterocycles. The summed E-state index contributed by atoms with van der Waals surface area (Å²) in [5.74, 6) is -0.147. The summed E-state index contributed by atoms with van der Waals surface area (Å²) in [6.07, 6.45) is 0.611. The average molecular weight is 319 g/mol. The smallest absolute Gasteiger partial charge is 0.311 e. The molecule has 0 N–H and O–H groups in total. The molecule has 1 rings (SSSR count). The molecule has 0 aromatic heterocycles. The van der Waals surface area contributed by atoms with Gasteiger partial charge >= 0.3 is 5.97 Å². The van der Waals surface area contributed by atoms with Gasteiger partial charge in [0.1, 0.15) is 6.10 Å². The normalized spacial score (nSPS) is 14.5. The second-order valence-corrected chi connectivity index (χ2v) is 9.78. The van der Waals surface area contributed by atoms with Crippen LogP contribution in [0.1, 0.15) is 86.0 Å². The molecule has 0 aliphatic rings. The third-order valence-corrected chi connectivity index (χ3v) is 3.81. The van der Waals surface area contributed by atoms with E-state index in [1.165, 1.54) is 5.56 Å². The van der Waals surface area contributed by atoms with Crippen LogP contribution in [0, 0.1) is 10.8 Å². The Kier molecular flexibility index (Phi) is 5.72. The van der Waals surface area contributed by atoms with E-state index in [9.17, 15) is 4.79 Å². The largest absolute Gasteiger partial charge is 0.457 e. The minimum absolute atomic E-state index is 0.0888. The van der Waals surface area contributed by atoms with Crippen LogP contribution in [-0.4, -0.2) is 5.97 Å². The highest BCUT2D eigenvalue weighted by Crippen LogP contribution is 2.35. The zero-order chi connectivity index (χ0) is 18.1. The molecule has 0 bridgehead atoms. The van der Waals surface area contributed by atoms with Crippen molar-refractivity contribution in [2.24, 2.45) is 10.8 Å². The van der Waals surface area contributed by atoms with Crippen LogP contribution in [-0.2, 0) is 14.9 Å². The molecule has 0 amide bonds. The van der Waals surface area contributed by atoms with Crippen molar-refractivity contribution in [2.45, 2.75) is 80.3 Å². The molecule has 23 heavy (non-hydrogen) atoms. The SMILES string of the molecule is CC(C)(C)C[C@@H](OC(=O)C(C)(C)C)c1ccc(C(C)(C)C)cc1. The van der Waals surface area contributed by atoms with Crippen LogP contribution in [0.3, 0.4) is 0 Å². The lowest BCUT2D eigenvalue weighted by Crippen LogP contribution is -2.27. The molecular formula is C21H34O2. The second kappa shape index (κ2) is 6.67. The van der Waals surface area contributed by atoms with E-state index in [0.717, 1.165) is 12.0 Å². The van der Waals surface area contributed by atoms with E-state index in [1.54, 1.807) is 0 Å². The van der Waals surface area contributed by atoms with Gasteiger partial charge in [-0.25, -0.2) is 0 Å². The highest BCUT2D eigenvalue weighted by Gasteiger charge is 2.29. The fourth-order valence-electron chi connectivity index (χ4n) is 2.29. The van der Waals surface area contributed by atoms with Gasteiger partial charge in [0.15, 0.2) is 0 Å². The summed E-state index contributed by atoms with van der Waals surface area (Å²) < 4.78 is 5.86. The predicted molar refractivity (Wildman–Crippen MR) is 97.5 cm³/mol. The Morgan fingerprint density at radius 1 is 0.913 bits per heavy atom. The van der Waals surface area contributed by atoms with Crippen molar-refractivity contribution >= 4 is 5.97 Å². The summed E-state index contributed by atoms with van der Waals surface area (Å²) in [6.45, 7) is 18.8. The van der Waals surface area contributed by atoms with Gasteiger partial charge in [0.2, 0.25) is 0 Å². The first kappa shape index (κ1) is 19.7. The van der Waals surface area contributed by atoms with Crippen molar-refractivity contribution in [3.05, 3.63) is 35.4 Å². The molecule has 2 nitrogen and oxygen atoms in total. The summed E-state index contributed by atoms with van der Waals surface area (Å²) in [5, 5.41) is 0. The molecule has 0 spiro atoms. The third-order valence-electron chi connectivity index (χ3n) is 3.81. The highest BCUT2D eigenvalue weighted by atomic mass is 16.5. The third kappa shape index (κ3) is 6.37. The van der Waals surface area contributed by atoms with Gasteiger partial charge in [0.05, 0.1) is 5.41 Å². The summed E-state index contributed by atoms with van der Waals surface area (Å²) in [4.78, 5) is 12.3. The zero-order valence-electron chi connectivity index (χ0n) is 16.4.